The molecule has 1 aromatic carbocycles. The minimum atomic E-state index is -3.63. The summed E-state index contributed by atoms with van der Waals surface area (Å²) in [4.78, 5) is 12.4. The van der Waals surface area contributed by atoms with Gasteiger partial charge >= 0.3 is 5.97 Å². The second-order valence-electron chi connectivity index (χ2n) is 5.88. The lowest BCUT2D eigenvalue weighted by Gasteiger charge is -2.14. The predicted molar refractivity (Wildman–Crippen MR) is 101 cm³/mol. The average Bonchev–Trinajstić information content (AvgIpc) is 3.38. The maximum atomic E-state index is 12.2. The number of sulfonamides is 1. The van der Waals surface area contributed by atoms with Crippen molar-refractivity contribution in [1.82, 2.24) is 19.7 Å². The zero-order valence-electron chi connectivity index (χ0n) is 14.8. The van der Waals surface area contributed by atoms with E-state index in [9.17, 15) is 18.3 Å². The third-order valence-corrected chi connectivity index (χ3v) is 6.20. The molecule has 9 nitrogen and oxygen atoms in total. The second-order valence-corrected chi connectivity index (χ2v) is 8.43. The topological polar surface area (TPSA) is 123 Å². The number of carbonyl (C=O) groups excluding carboxylic acids is 1. The number of rotatable bonds is 8. The Kier molecular flexibility index (Phi) is 6.07. The summed E-state index contributed by atoms with van der Waals surface area (Å²) < 4.78 is 33.0. The maximum absolute atomic E-state index is 12.2. The fourth-order valence-electron chi connectivity index (χ4n) is 2.48. The van der Waals surface area contributed by atoms with Crippen molar-refractivity contribution in [2.75, 3.05) is 7.11 Å². The molecule has 2 aromatic heterocycles. The van der Waals surface area contributed by atoms with Gasteiger partial charge in [0.2, 0.25) is 10.0 Å². The van der Waals surface area contributed by atoms with Crippen molar-refractivity contribution in [3.05, 3.63) is 58.5 Å². The predicted octanol–water partition coefficient (Wildman–Crippen LogP) is 1.48. The Morgan fingerprint density at radius 2 is 2.07 bits per heavy atom. The number of benzene rings is 1. The van der Waals surface area contributed by atoms with Crippen LogP contribution in [0.1, 0.15) is 17.3 Å². The van der Waals surface area contributed by atoms with E-state index < -0.39 is 22.0 Å². The van der Waals surface area contributed by atoms with Crippen LogP contribution in [0.4, 0.5) is 0 Å². The van der Waals surface area contributed by atoms with E-state index >= 15 is 0 Å². The number of carbonyl (C=O) groups is 1. The third-order valence-electron chi connectivity index (χ3n) is 3.96. The van der Waals surface area contributed by atoms with E-state index in [-0.39, 0.29) is 23.6 Å². The first-order valence-electron chi connectivity index (χ1n) is 8.17. The molecule has 0 saturated heterocycles. The van der Waals surface area contributed by atoms with Crippen LogP contribution in [0.25, 0.3) is 0 Å². The number of hydrogen-bond donors (Lipinski definition) is 2. The van der Waals surface area contributed by atoms with Crippen molar-refractivity contribution in [2.24, 2.45) is 0 Å². The highest BCUT2D eigenvalue weighted by Crippen LogP contribution is 2.18. The first-order valence-corrected chi connectivity index (χ1v) is 10.6. The number of nitrogens with one attached hydrogen (secondary N) is 1. The van der Waals surface area contributed by atoms with Gasteiger partial charge in [-0.1, -0.05) is 17.3 Å². The Hall–Kier alpha value is -2.76. The first-order chi connectivity index (χ1) is 13.4. The Bertz CT molecular complexity index is 1030. The largest absolute Gasteiger partial charge is 0.508 e. The Balaban J connectivity index is 1.73. The minimum Gasteiger partial charge on any atom is -0.508 e. The van der Waals surface area contributed by atoms with Crippen molar-refractivity contribution < 1.29 is 23.1 Å². The molecular formula is C17H18N4O5S2. The quantitative estimate of drug-likeness (QED) is 0.527. The summed E-state index contributed by atoms with van der Waals surface area (Å²) >= 11 is 1.29. The average molecular weight is 422 g/mol. The minimum absolute atomic E-state index is 0.0642. The van der Waals surface area contributed by atoms with Crippen LogP contribution in [0.5, 0.6) is 5.75 Å². The standard InChI is InChI=1S/C17H18N4O5S2/c1-26-17(23)16(8-12-2-4-14(22)5-3-12)21-10-13(19-20-21)9-18-28(24,25)15-6-7-27-11-15/h2-7,10-11,16,18,22H,8-9H2,1H3/t16-/m0/s1. The van der Waals surface area contributed by atoms with Crippen LogP contribution in [0, 0.1) is 0 Å². The van der Waals surface area contributed by atoms with E-state index in [1.165, 1.54) is 52.9 Å². The molecule has 2 N–H and O–H groups in total. The Morgan fingerprint density at radius 1 is 1.32 bits per heavy atom. The fraction of sp³-hybridized carbons (Fsp3) is 0.235. The highest BCUT2D eigenvalue weighted by atomic mass is 32.2. The van der Waals surface area contributed by atoms with Gasteiger partial charge in [-0.15, -0.1) is 5.10 Å². The zero-order chi connectivity index (χ0) is 20.1. The summed E-state index contributed by atoms with van der Waals surface area (Å²) in [6.45, 7) is -0.0642. The SMILES string of the molecule is COC(=O)[C@H](Cc1ccc(O)cc1)n1cc(CNS(=O)(=O)c2ccsc2)nn1. The van der Waals surface area contributed by atoms with Crippen LogP contribution < -0.4 is 4.72 Å². The number of phenols is 1. The molecule has 0 unspecified atom stereocenters. The molecular weight excluding hydrogens is 404 g/mol. The summed E-state index contributed by atoms with van der Waals surface area (Å²) in [5, 5.41) is 20.5. The molecule has 3 aromatic rings. The van der Waals surface area contributed by atoms with Crippen molar-refractivity contribution in [3.8, 4) is 5.75 Å². The van der Waals surface area contributed by atoms with Crippen LogP contribution in [0.2, 0.25) is 0 Å². The molecule has 0 amide bonds. The molecule has 28 heavy (non-hydrogen) atoms. The number of methoxy groups -OCH3 is 1. The summed E-state index contributed by atoms with van der Waals surface area (Å²) in [5.74, 6) is -0.386. The van der Waals surface area contributed by atoms with Gasteiger partial charge in [0.25, 0.3) is 0 Å². The number of esters is 1. The van der Waals surface area contributed by atoms with E-state index in [2.05, 4.69) is 15.0 Å². The Labute approximate surface area is 165 Å². The molecule has 0 aliphatic carbocycles. The monoisotopic (exact) mass is 422 g/mol. The summed E-state index contributed by atoms with van der Waals surface area (Å²) in [6.07, 6.45) is 1.77. The van der Waals surface area contributed by atoms with Gasteiger partial charge in [-0.05, 0) is 29.1 Å². The van der Waals surface area contributed by atoms with E-state index in [0.717, 1.165) is 5.56 Å². The number of thiophene rings is 1. The highest BCUT2D eigenvalue weighted by molar-refractivity contribution is 7.89. The van der Waals surface area contributed by atoms with Gasteiger partial charge in [0.1, 0.15) is 5.75 Å². The molecule has 0 bridgehead atoms. The molecule has 0 aliphatic rings. The van der Waals surface area contributed by atoms with Crippen LogP contribution in [0.15, 0.2) is 52.2 Å². The summed E-state index contributed by atoms with van der Waals surface area (Å²) in [7, 11) is -2.35. The van der Waals surface area contributed by atoms with Crippen LogP contribution in [-0.2, 0) is 32.5 Å². The number of hydrogen-bond acceptors (Lipinski definition) is 8. The van der Waals surface area contributed by atoms with E-state index in [4.69, 9.17) is 4.74 Å². The van der Waals surface area contributed by atoms with Gasteiger partial charge in [0.15, 0.2) is 6.04 Å². The summed E-state index contributed by atoms with van der Waals surface area (Å²) in [5.41, 5.74) is 1.15. The van der Waals surface area contributed by atoms with Gasteiger partial charge in [-0.25, -0.2) is 22.6 Å². The number of nitrogens with zero attached hydrogens (tertiary/aromatic N) is 3. The normalized spacial score (nSPS) is 12.6. The van der Waals surface area contributed by atoms with Gasteiger partial charge in [-0.2, -0.15) is 11.3 Å². The molecule has 0 radical (unpaired) electrons. The number of aromatic hydroxyl groups is 1. The smallest absolute Gasteiger partial charge is 0.331 e. The lowest BCUT2D eigenvalue weighted by molar-refractivity contribution is -0.144. The zero-order valence-corrected chi connectivity index (χ0v) is 16.5. The molecule has 11 heteroatoms. The lowest BCUT2D eigenvalue weighted by Crippen LogP contribution is -2.24. The number of phenolic OH excluding ortho intramolecular Hbond substituents is 1. The molecule has 0 aliphatic heterocycles. The van der Waals surface area contributed by atoms with E-state index in [1.54, 1.807) is 17.5 Å². The van der Waals surface area contributed by atoms with Crippen molar-refractivity contribution >= 4 is 27.3 Å². The summed E-state index contributed by atoms with van der Waals surface area (Å²) in [6, 6.07) is 7.17. The van der Waals surface area contributed by atoms with Crippen molar-refractivity contribution in [1.29, 1.82) is 0 Å². The highest BCUT2D eigenvalue weighted by Gasteiger charge is 2.24. The molecule has 0 saturated carbocycles. The van der Waals surface area contributed by atoms with Gasteiger partial charge in [0, 0.05) is 11.8 Å². The molecule has 3 rings (SSSR count). The van der Waals surface area contributed by atoms with Gasteiger partial charge in [-0.3, -0.25) is 0 Å². The number of ether oxygens (including phenoxy) is 1. The van der Waals surface area contributed by atoms with E-state index in [1.807, 2.05) is 0 Å². The third kappa shape index (κ3) is 4.74. The van der Waals surface area contributed by atoms with Crippen LogP contribution >= 0.6 is 11.3 Å². The first kappa shape index (κ1) is 20.0. The maximum Gasteiger partial charge on any atom is 0.331 e. The Morgan fingerprint density at radius 3 is 2.71 bits per heavy atom. The molecule has 0 spiro atoms. The van der Waals surface area contributed by atoms with Crippen molar-refractivity contribution in [3.63, 3.8) is 0 Å². The molecule has 2 heterocycles. The van der Waals surface area contributed by atoms with Gasteiger partial charge in [0.05, 0.1) is 30.4 Å². The van der Waals surface area contributed by atoms with Crippen LogP contribution in [0.3, 0.4) is 0 Å². The molecule has 0 fully saturated rings. The van der Waals surface area contributed by atoms with Gasteiger partial charge < -0.3 is 9.84 Å². The number of aromatic nitrogens is 3. The second kappa shape index (κ2) is 8.50. The molecule has 148 valence electrons. The molecule has 1 atom stereocenters. The van der Waals surface area contributed by atoms with E-state index in [0.29, 0.717) is 5.69 Å². The fourth-order valence-corrected chi connectivity index (χ4v) is 4.51. The van der Waals surface area contributed by atoms with Crippen molar-refractivity contribution in [2.45, 2.75) is 23.9 Å². The lowest BCUT2D eigenvalue weighted by atomic mass is 10.1. The van der Waals surface area contributed by atoms with Crippen LogP contribution in [-0.4, -0.2) is 41.6 Å².